The molecule has 2 nitrogen and oxygen atoms in total. The Hall–Kier alpha value is -0.440. The Labute approximate surface area is 58.9 Å². The van der Waals surface area contributed by atoms with Gasteiger partial charge in [-0.15, -0.1) is 10.2 Å². The van der Waals surface area contributed by atoms with E-state index >= 15 is 0 Å². The molecule has 1 aromatic heterocycles. The molecule has 1 radical (unpaired) electrons. The van der Waals surface area contributed by atoms with Crippen molar-refractivity contribution in [3.63, 3.8) is 0 Å². The summed E-state index contributed by atoms with van der Waals surface area (Å²) in [5.41, 5.74) is 2.72. The zero-order chi connectivity index (χ0) is 6.69. The van der Waals surface area contributed by atoms with E-state index in [4.69, 9.17) is 0 Å². The van der Waals surface area contributed by atoms with E-state index in [0.29, 0.717) is 5.92 Å². The van der Waals surface area contributed by atoms with Gasteiger partial charge in [0.2, 0.25) is 0 Å². The molecule has 0 fully saturated rings. The molecule has 0 aliphatic carbocycles. The van der Waals surface area contributed by atoms with E-state index in [1.54, 1.807) is 0 Å². The fourth-order valence-corrected chi connectivity index (χ4v) is 1.29. The van der Waals surface area contributed by atoms with Crippen LogP contribution in [0.4, 0.5) is 0 Å². The molecule has 0 aliphatic rings. The molecule has 49 valence electrons. The van der Waals surface area contributed by atoms with E-state index in [1.807, 2.05) is 0 Å². The van der Waals surface area contributed by atoms with E-state index in [1.165, 1.54) is 11.3 Å². The molecule has 1 rings (SSSR count). The highest BCUT2D eigenvalue weighted by molar-refractivity contribution is 7.08. The van der Waals surface area contributed by atoms with Crippen molar-refractivity contribution in [2.75, 3.05) is 0 Å². The van der Waals surface area contributed by atoms with Crippen LogP contribution in [0.1, 0.15) is 18.9 Å². The third-order valence-electron chi connectivity index (χ3n) is 0.949. The van der Waals surface area contributed by atoms with Crippen molar-refractivity contribution in [1.29, 1.82) is 0 Å². The van der Waals surface area contributed by atoms with Gasteiger partial charge in [-0.25, -0.2) is 0 Å². The topological polar surface area (TPSA) is 25.8 Å². The first-order chi connectivity index (χ1) is 4.29. The molecule has 0 N–H and O–H groups in total. The zero-order valence-corrected chi connectivity index (χ0v) is 6.40. The summed E-state index contributed by atoms with van der Waals surface area (Å²) in [4.78, 5) is 0. The second-order valence-corrected chi connectivity index (χ2v) is 3.24. The smallest absolute Gasteiger partial charge is 0.143 e. The third-order valence-corrected chi connectivity index (χ3v) is 1.61. The summed E-state index contributed by atoms with van der Waals surface area (Å²) in [5, 5.41) is 8.58. The average Bonchev–Trinajstić information content (AvgIpc) is 2.15. The lowest BCUT2D eigenvalue weighted by molar-refractivity contribution is 0.640. The highest BCUT2D eigenvalue weighted by Gasteiger charge is 1.99. The van der Waals surface area contributed by atoms with E-state index in [0.717, 1.165) is 11.4 Å². The summed E-state index contributed by atoms with van der Waals surface area (Å²) in [7, 11) is 0. The monoisotopic (exact) mass is 141 g/mol. The number of hydrogen-bond donors (Lipinski definition) is 0. The molecule has 0 spiro atoms. The number of nitrogens with zero attached hydrogens (tertiary/aromatic N) is 2. The van der Waals surface area contributed by atoms with Crippen molar-refractivity contribution in [3.05, 3.63) is 10.5 Å². The molecule has 0 saturated carbocycles. The minimum absolute atomic E-state index is 0.673. The van der Waals surface area contributed by atoms with E-state index in [9.17, 15) is 0 Å². The molecule has 0 atom stereocenters. The predicted molar refractivity (Wildman–Crippen MR) is 37.3 cm³/mol. The largest absolute Gasteiger partial charge is 0.178 e. The molecule has 0 bridgehead atoms. The maximum atomic E-state index is 3.87. The van der Waals surface area contributed by atoms with Gasteiger partial charge in [-0.1, -0.05) is 25.2 Å². The van der Waals surface area contributed by atoms with Gasteiger partial charge in [0.1, 0.15) is 5.01 Å². The second kappa shape index (κ2) is 2.92. The molecular weight excluding hydrogens is 132 g/mol. The van der Waals surface area contributed by atoms with Crippen molar-refractivity contribution in [2.45, 2.75) is 20.3 Å². The SMILES string of the molecule is CC(C)Cc1nn[c]s1. The van der Waals surface area contributed by atoms with Gasteiger partial charge < -0.3 is 0 Å². The van der Waals surface area contributed by atoms with Crippen molar-refractivity contribution in [2.24, 2.45) is 5.92 Å². The molecule has 0 saturated heterocycles. The van der Waals surface area contributed by atoms with Crippen molar-refractivity contribution in [1.82, 2.24) is 10.2 Å². The third kappa shape index (κ3) is 2.10. The second-order valence-electron chi connectivity index (χ2n) is 2.39. The van der Waals surface area contributed by atoms with Crippen LogP contribution in [-0.4, -0.2) is 10.2 Å². The minimum atomic E-state index is 0.673. The van der Waals surface area contributed by atoms with Gasteiger partial charge in [-0.3, -0.25) is 0 Å². The fourth-order valence-electron chi connectivity index (χ4n) is 0.601. The standard InChI is InChI=1S/C6H9N2S/c1-5(2)3-6-8-7-4-9-6/h5H,3H2,1-2H3. The summed E-state index contributed by atoms with van der Waals surface area (Å²) in [5.74, 6) is 0.673. The van der Waals surface area contributed by atoms with E-state index < -0.39 is 0 Å². The molecule has 9 heavy (non-hydrogen) atoms. The Morgan fingerprint density at radius 1 is 1.67 bits per heavy atom. The molecular formula is C6H9N2S. The Balaban J connectivity index is 2.48. The first-order valence-electron chi connectivity index (χ1n) is 2.97. The zero-order valence-electron chi connectivity index (χ0n) is 5.59. The lowest BCUT2D eigenvalue weighted by Gasteiger charge is -1.96. The Morgan fingerprint density at radius 2 is 2.44 bits per heavy atom. The van der Waals surface area contributed by atoms with Crippen molar-refractivity contribution < 1.29 is 0 Å². The van der Waals surface area contributed by atoms with Crippen LogP contribution in [0.3, 0.4) is 0 Å². The van der Waals surface area contributed by atoms with Gasteiger partial charge in [0.25, 0.3) is 0 Å². The number of hydrogen-bond acceptors (Lipinski definition) is 3. The van der Waals surface area contributed by atoms with Crippen LogP contribution >= 0.6 is 11.3 Å². The predicted octanol–water partition coefficient (Wildman–Crippen LogP) is 1.54. The maximum absolute atomic E-state index is 3.87. The molecule has 0 aliphatic heterocycles. The molecule has 1 aromatic rings. The molecule has 0 unspecified atom stereocenters. The van der Waals surface area contributed by atoms with Crippen LogP contribution in [0.15, 0.2) is 0 Å². The lowest BCUT2D eigenvalue weighted by Crippen LogP contribution is -1.92. The van der Waals surface area contributed by atoms with Gasteiger partial charge in [-0.2, -0.15) is 0 Å². The van der Waals surface area contributed by atoms with E-state index in [2.05, 4.69) is 29.6 Å². The Kier molecular flexibility index (Phi) is 2.16. The highest BCUT2D eigenvalue weighted by Crippen LogP contribution is 2.07. The fraction of sp³-hybridized carbons (Fsp3) is 0.667. The van der Waals surface area contributed by atoms with Gasteiger partial charge in [0.15, 0.2) is 5.51 Å². The first-order valence-corrected chi connectivity index (χ1v) is 3.79. The summed E-state index contributed by atoms with van der Waals surface area (Å²) in [6.45, 7) is 4.34. The minimum Gasteiger partial charge on any atom is -0.143 e. The normalized spacial score (nSPS) is 10.6. The van der Waals surface area contributed by atoms with Crippen LogP contribution in [0.2, 0.25) is 0 Å². The van der Waals surface area contributed by atoms with Crippen molar-refractivity contribution >= 4 is 11.3 Å². The lowest BCUT2D eigenvalue weighted by atomic mass is 10.1. The Bertz CT molecular complexity index is 158. The summed E-state index contributed by atoms with van der Waals surface area (Å²) in [6, 6.07) is 0. The first kappa shape index (κ1) is 6.68. The van der Waals surface area contributed by atoms with Crippen LogP contribution in [-0.2, 0) is 6.42 Å². The van der Waals surface area contributed by atoms with Crippen LogP contribution in [0.25, 0.3) is 0 Å². The quantitative estimate of drug-likeness (QED) is 0.624. The van der Waals surface area contributed by atoms with Crippen LogP contribution in [0.5, 0.6) is 0 Å². The maximum Gasteiger partial charge on any atom is 0.178 e. The average molecular weight is 141 g/mol. The highest BCUT2D eigenvalue weighted by atomic mass is 32.1. The number of rotatable bonds is 2. The van der Waals surface area contributed by atoms with E-state index in [-0.39, 0.29) is 0 Å². The van der Waals surface area contributed by atoms with Gasteiger partial charge in [0.05, 0.1) is 0 Å². The molecule has 1 heterocycles. The van der Waals surface area contributed by atoms with Gasteiger partial charge in [-0.05, 0) is 5.92 Å². The Morgan fingerprint density at radius 3 is 2.89 bits per heavy atom. The van der Waals surface area contributed by atoms with Crippen LogP contribution < -0.4 is 0 Å². The van der Waals surface area contributed by atoms with Crippen LogP contribution in [0, 0.1) is 11.4 Å². The molecule has 0 aromatic carbocycles. The molecule has 3 heteroatoms. The summed E-state index contributed by atoms with van der Waals surface area (Å²) < 4.78 is 0. The summed E-state index contributed by atoms with van der Waals surface area (Å²) >= 11 is 1.50. The van der Waals surface area contributed by atoms with Crippen molar-refractivity contribution in [3.8, 4) is 0 Å². The van der Waals surface area contributed by atoms with Gasteiger partial charge in [0, 0.05) is 6.42 Å². The molecule has 0 amide bonds. The summed E-state index contributed by atoms with van der Waals surface area (Å²) in [6.07, 6.45) is 1.03. The van der Waals surface area contributed by atoms with Gasteiger partial charge >= 0.3 is 0 Å². The number of aromatic nitrogens is 2.